The van der Waals surface area contributed by atoms with Crippen LogP contribution in [0, 0.1) is 9.39 Å². The molecule has 0 spiro atoms. The Morgan fingerprint density at radius 1 is 1.25 bits per heavy atom. The van der Waals surface area contributed by atoms with E-state index in [0.717, 1.165) is 9.26 Å². The van der Waals surface area contributed by atoms with E-state index in [1.54, 1.807) is 6.92 Å². The molecule has 20 heavy (non-hydrogen) atoms. The number of hydrogen-bond acceptors (Lipinski definition) is 2. The van der Waals surface area contributed by atoms with E-state index in [4.69, 9.17) is 4.74 Å². The highest BCUT2D eigenvalue weighted by atomic mass is 127. The molecule has 0 fully saturated rings. The van der Waals surface area contributed by atoms with Crippen molar-refractivity contribution in [3.05, 3.63) is 57.9 Å². The third-order valence-electron chi connectivity index (χ3n) is 2.59. The van der Waals surface area contributed by atoms with Gasteiger partial charge in [0.25, 0.3) is 5.91 Å². The smallest absolute Gasteiger partial charge is 0.265 e. The van der Waals surface area contributed by atoms with Crippen LogP contribution in [0.4, 0.5) is 10.1 Å². The molecule has 1 amide bonds. The van der Waals surface area contributed by atoms with Crippen LogP contribution in [0.15, 0.2) is 48.5 Å². The Morgan fingerprint density at radius 3 is 2.60 bits per heavy atom. The Hall–Kier alpha value is -1.63. The van der Waals surface area contributed by atoms with Gasteiger partial charge in [-0.2, -0.15) is 0 Å². The Labute approximate surface area is 130 Å². The fourth-order valence-corrected chi connectivity index (χ4v) is 2.12. The Morgan fingerprint density at radius 2 is 1.95 bits per heavy atom. The summed E-state index contributed by atoms with van der Waals surface area (Å²) in [5.74, 6) is -0.138. The van der Waals surface area contributed by atoms with E-state index in [1.807, 2.05) is 24.3 Å². The number of hydrogen-bond donors (Lipinski definition) is 1. The van der Waals surface area contributed by atoms with Crippen molar-refractivity contribution in [2.45, 2.75) is 13.0 Å². The predicted molar refractivity (Wildman–Crippen MR) is 84.3 cm³/mol. The van der Waals surface area contributed by atoms with Gasteiger partial charge in [0.15, 0.2) is 6.10 Å². The predicted octanol–water partition coefficient (Wildman–Crippen LogP) is 3.84. The lowest BCUT2D eigenvalue weighted by Gasteiger charge is -2.14. The van der Waals surface area contributed by atoms with Gasteiger partial charge in [0.2, 0.25) is 0 Å². The normalized spacial score (nSPS) is 11.8. The Kier molecular flexibility index (Phi) is 4.94. The van der Waals surface area contributed by atoms with Gasteiger partial charge in [0, 0.05) is 9.26 Å². The van der Waals surface area contributed by atoms with Crippen molar-refractivity contribution in [3.8, 4) is 5.75 Å². The molecule has 1 atom stereocenters. The van der Waals surface area contributed by atoms with Crippen molar-refractivity contribution >= 4 is 34.2 Å². The number of nitrogens with one attached hydrogen (secondary N) is 1. The van der Waals surface area contributed by atoms with Crippen molar-refractivity contribution in [3.63, 3.8) is 0 Å². The van der Waals surface area contributed by atoms with Crippen molar-refractivity contribution in [2.24, 2.45) is 0 Å². The molecular formula is C15H13FINO2. The van der Waals surface area contributed by atoms with Gasteiger partial charge in [-0.1, -0.05) is 6.07 Å². The molecule has 5 heteroatoms. The maximum Gasteiger partial charge on any atom is 0.265 e. The zero-order valence-electron chi connectivity index (χ0n) is 10.8. The summed E-state index contributed by atoms with van der Waals surface area (Å²) in [6, 6.07) is 13.0. The summed E-state index contributed by atoms with van der Waals surface area (Å²) in [4.78, 5) is 12.0. The summed E-state index contributed by atoms with van der Waals surface area (Å²) >= 11 is 2.17. The van der Waals surface area contributed by atoms with Gasteiger partial charge in [0.05, 0.1) is 0 Å². The summed E-state index contributed by atoms with van der Waals surface area (Å²) in [5, 5.41) is 2.77. The maximum absolute atomic E-state index is 12.8. The Balaban J connectivity index is 1.96. The summed E-state index contributed by atoms with van der Waals surface area (Å²) in [7, 11) is 0. The van der Waals surface area contributed by atoms with Crippen molar-refractivity contribution in [2.75, 3.05) is 5.32 Å². The second-order valence-corrected chi connectivity index (χ2v) is 5.46. The number of carbonyl (C=O) groups excluding carboxylic acids is 1. The number of anilines is 1. The number of halogens is 2. The molecule has 0 saturated heterocycles. The molecule has 0 aliphatic carbocycles. The highest BCUT2D eigenvalue weighted by Crippen LogP contribution is 2.15. The van der Waals surface area contributed by atoms with Crippen LogP contribution < -0.4 is 10.1 Å². The average Bonchev–Trinajstić information content (AvgIpc) is 2.41. The van der Waals surface area contributed by atoms with Crippen LogP contribution in [0.2, 0.25) is 0 Å². The largest absolute Gasteiger partial charge is 0.481 e. The summed E-state index contributed by atoms with van der Waals surface area (Å²) < 4.78 is 19.3. The standard InChI is InChI=1S/C15H13FINO2/c1-10(20-14-7-5-11(16)6-8-14)15(19)18-13-4-2-3-12(17)9-13/h2-10H,1H3,(H,18,19). The minimum Gasteiger partial charge on any atom is -0.481 e. The third kappa shape index (κ3) is 4.19. The molecular weight excluding hydrogens is 372 g/mol. The molecule has 3 nitrogen and oxygen atoms in total. The molecule has 104 valence electrons. The molecule has 2 aromatic rings. The zero-order valence-corrected chi connectivity index (χ0v) is 12.9. The lowest BCUT2D eigenvalue weighted by Crippen LogP contribution is -2.30. The quantitative estimate of drug-likeness (QED) is 0.813. The van der Waals surface area contributed by atoms with Crippen molar-refractivity contribution in [1.29, 1.82) is 0 Å². The molecule has 0 saturated carbocycles. The van der Waals surface area contributed by atoms with Crippen LogP contribution in [-0.4, -0.2) is 12.0 Å². The SMILES string of the molecule is CC(Oc1ccc(F)cc1)C(=O)Nc1cccc(I)c1. The summed E-state index contributed by atoms with van der Waals surface area (Å²) in [6.07, 6.45) is -0.668. The van der Waals surface area contributed by atoms with E-state index in [0.29, 0.717) is 5.75 Å². The lowest BCUT2D eigenvalue weighted by molar-refractivity contribution is -0.122. The zero-order chi connectivity index (χ0) is 14.5. The van der Waals surface area contributed by atoms with Gasteiger partial charge >= 0.3 is 0 Å². The van der Waals surface area contributed by atoms with Gasteiger partial charge in [-0.3, -0.25) is 4.79 Å². The number of amides is 1. The van der Waals surface area contributed by atoms with Crippen LogP contribution in [0.5, 0.6) is 5.75 Å². The van der Waals surface area contributed by atoms with Crippen LogP contribution in [0.25, 0.3) is 0 Å². The highest BCUT2D eigenvalue weighted by molar-refractivity contribution is 14.1. The molecule has 1 unspecified atom stereocenters. The summed E-state index contributed by atoms with van der Waals surface area (Å²) in [5.41, 5.74) is 0.719. The van der Waals surface area contributed by atoms with Gasteiger partial charge < -0.3 is 10.1 Å². The van der Waals surface area contributed by atoms with E-state index < -0.39 is 6.10 Å². The second kappa shape index (κ2) is 6.69. The van der Waals surface area contributed by atoms with Crippen molar-refractivity contribution < 1.29 is 13.9 Å². The molecule has 1 N–H and O–H groups in total. The van der Waals surface area contributed by atoms with Crippen LogP contribution in [0.1, 0.15) is 6.92 Å². The first-order valence-electron chi connectivity index (χ1n) is 6.03. The summed E-state index contributed by atoms with van der Waals surface area (Å²) in [6.45, 7) is 1.65. The molecule has 0 radical (unpaired) electrons. The first-order chi connectivity index (χ1) is 9.54. The fraction of sp³-hybridized carbons (Fsp3) is 0.133. The monoisotopic (exact) mass is 385 g/mol. The fourth-order valence-electron chi connectivity index (χ4n) is 1.58. The third-order valence-corrected chi connectivity index (χ3v) is 3.26. The van der Waals surface area contributed by atoms with E-state index in [1.165, 1.54) is 24.3 Å². The molecule has 2 rings (SSSR count). The van der Waals surface area contributed by atoms with Crippen LogP contribution in [-0.2, 0) is 4.79 Å². The van der Waals surface area contributed by atoms with Gasteiger partial charge in [0.1, 0.15) is 11.6 Å². The molecule has 0 heterocycles. The minimum absolute atomic E-state index is 0.253. The van der Waals surface area contributed by atoms with Crippen LogP contribution >= 0.6 is 22.6 Å². The van der Waals surface area contributed by atoms with Gasteiger partial charge in [-0.05, 0) is 72.0 Å². The van der Waals surface area contributed by atoms with E-state index in [9.17, 15) is 9.18 Å². The molecule has 0 aliphatic rings. The number of rotatable bonds is 4. The molecule has 0 bridgehead atoms. The van der Waals surface area contributed by atoms with E-state index in [2.05, 4.69) is 27.9 Å². The number of carbonyl (C=O) groups is 1. The van der Waals surface area contributed by atoms with Gasteiger partial charge in [-0.25, -0.2) is 4.39 Å². The first kappa shape index (κ1) is 14.8. The molecule has 0 aliphatic heterocycles. The number of benzene rings is 2. The highest BCUT2D eigenvalue weighted by Gasteiger charge is 2.14. The average molecular weight is 385 g/mol. The second-order valence-electron chi connectivity index (χ2n) is 4.21. The molecule has 0 aromatic heterocycles. The Bertz CT molecular complexity index is 601. The van der Waals surface area contributed by atoms with E-state index >= 15 is 0 Å². The minimum atomic E-state index is -0.668. The topological polar surface area (TPSA) is 38.3 Å². The number of ether oxygens (including phenoxy) is 1. The molecule has 2 aromatic carbocycles. The van der Waals surface area contributed by atoms with Gasteiger partial charge in [-0.15, -0.1) is 0 Å². The lowest BCUT2D eigenvalue weighted by atomic mass is 10.3. The van der Waals surface area contributed by atoms with Crippen LogP contribution in [0.3, 0.4) is 0 Å². The maximum atomic E-state index is 12.8. The van der Waals surface area contributed by atoms with E-state index in [-0.39, 0.29) is 11.7 Å². The van der Waals surface area contributed by atoms with Crippen molar-refractivity contribution in [1.82, 2.24) is 0 Å². The first-order valence-corrected chi connectivity index (χ1v) is 7.11.